The first-order valence-electron chi connectivity index (χ1n) is 6.50. The minimum Gasteiger partial charge on any atom is -0.454 e. The van der Waals surface area contributed by atoms with Crippen LogP contribution >= 0.6 is 0 Å². The number of carbonyl (C=O) groups is 2. The predicted octanol–water partition coefficient (Wildman–Crippen LogP) is 1.96. The highest BCUT2D eigenvalue weighted by Gasteiger charge is 2.16. The summed E-state index contributed by atoms with van der Waals surface area (Å²) in [7, 11) is 0. The van der Waals surface area contributed by atoms with Gasteiger partial charge in [0.2, 0.25) is 6.79 Å². The largest absolute Gasteiger partial charge is 0.454 e. The van der Waals surface area contributed by atoms with Crippen molar-refractivity contribution in [1.82, 2.24) is 5.32 Å². The molecule has 0 fully saturated rings. The Morgan fingerprint density at radius 1 is 1.05 bits per heavy atom. The number of para-hydroxylation sites is 1. The Bertz CT molecular complexity index is 745. The highest BCUT2D eigenvalue weighted by molar-refractivity contribution is 6.10. The number of rotatable bonds is 2. The molecule has 0 aromatic heterocycles. The zero-order valence-corrected chi connectivity index (χ0v) is 11.5. The van der Waals surface area contributed by atoms with Crippen LogP contribution in [0.1, 0.15) is 10.4 Å². The molecule has 0 aliphatic carbocycles. The number of anilines is 2. The summed E-state index contributed by atoms with van der Waals surface area (Å²) in [6.45, 7) is 0.150. The average molecular weight is 299 g/mol. The Morgan fingerprint density at radius 3 is 2.64 bits per heavy atom. The van der Waals surface area contributed by atoms with E-state index in [1.807, 2.05) is 0 Å². The van der Waals surface area contributed by atoms with Crippen LogP contribution in [0.15, 0.2) is 42.5 Å². The fraction of sp³-hybridized carbons (Fsp3) is 0.0667. The average Bonchev–Trinajstić information content (AvgIpc) is 2.95. The van der Waals surface area contributed by atoms with Crippen LogP contribution in [-0.2, 0) is 0 Å². The second-order valence-electron chi connectivity index (χ2n) is 4.56. The van der Waals surface area contributed by atoms with Gasteiger partial charge in [0.15, 0.2) is 11.5 Å². The Hall–Kier alpha value is -3.22. The Kier molecular flexibility index (Phi) is 3.53. The summed E-state index contributed by atoms with van der Waals surface area (Å²) in [5, 5.41) is 4.76. The Labute approximate surface area is 126 Å². The quantitative estimate of drug-likeness (QED) is 0.736. The highest BCUT2D eigenvalue weighted by Crippen LogP contribution is 2.34. The van der Waals surface area contributed by atoms with Crippen LogP contribution in [0.5, 0.6) is 11.5 Å². The number of hydrogen-bond donors (Lipinski definition) is 3. The van der Waals surface area contributed by atoms with E-state index in [2.05, 4.69) is 10.6 Å². The SMILES string of the molecule is Nc1ccccc1C(=O)NC(=O)Nc1ccc2c(c1)OCO2. The summed E-state index contributed by atoms with van der Waals surface area (Å²) in [5.41, 5.74) is 6.71. The molecule has 4 N–H and O–H groups in total. The van der Waals surface area contributed by atoms with Gasteiger partial charge in [-0.2, -0.15) is 0 Å². The third-order valence-corrected chi connectivity index (χ3v) is 3.06. The molecule has 22 heavy (non-hydrogen) atoms. The molecule has 0 radical (unpaired) electrons. The number of benzene rings is 2. The van der Waals surface area contributed by atoms with Crippen LogP contribution in [0.4, 0.5) is 16.2 Å². The van der Waals surface area contributed by atoms with E-state index < -0.39 is 11.9 Å². The van der Waals surface area contributed by atoms with Crippen LogP contribution in [0.3, 0.4) is 0 Å². The summed E-state index contributed by atoms with van der Waals surface area (Å²) < 4.78 is 10.4. The van der Waals surface area contributed by atoms with Crippen LogP contribution in [0, 0.1) is 0 Å². The van der Waals surface area contributed by atoms with E-state index in [1.54, 1.807) is 42.5 Å². The highest BCUT2D eigenvalue weighted by atomic mass is 16.7. The maximum Gasteiger partial charge on any atom is 0.326 e. The number of imide groups is 1. The second-order valence-corrected chi connectivity index (χ2v) is 4.56. The molecular weight excluding hydrogens is 286 g/mol. The third kappa shape index (κ3) is 2.78. The first-order chi connectivity index (χ1) is 10.6. The molecule has 3 amide bonds. The Morgan fingerprint density at radius 2 is 1.82 bits per heavy atom. The molecule has 112 valence electrons. The molecule has 0 atom stereocenters. The number of carbonyl (C=O) groups excluding carboxylic acids is 2. The molecule has 0 bridgehead atoms. The maximum absolute atomic E-state index is 12.0. The van der Waals surface area contributed by atoms with E-state index in [9.17, 15) is 9.59 Å². The number of amides is 3. The molecule has 1 aliphatic rings. The van der Waals surface area contributed by atoms with E-state index in [0.29, 0.717) is 22.9 Å². The fourth-order valence-corrected chi connectivity index (χ4v) is 2.01. The van der Waals surface area contributed by atoms with Gasteiger partial charge in [0.1, 0.15) is 0 Å². The van der Waals surface area contributed by atoms with Crippen molar-refractivity contribution in [2.45, 2.75) is 0 Å². The molecule has 7 heteroatoms. The van der Waals surface area contributed by atoms with E-state index in [4.69, 9.17) is 15.2 Å². The third-order valence-electron chi connectivity index (χ3n) is 3.06. The summed E-state index contributed by atoms with van der Waals surface area (Å²) in [6, 6.07) is 10.8. The zero-order valence-electron chi connectivity index (χ0n) is 11.5. The Balaban J connectivity index is 1.65. The molecule has 0 saturated carbocycles. The van der Waals surface area contributed by atoms with Crippen LogP contribution < -0.4 is 25.8 Å². The number of nitrogens with one attached hydrogen (secondary N) is 2. The van der Waals surface area contributed by atoms with Crippen molar-refractivity contribution >= 4 is 23.3 Å². The van der Waals surface area contributed by atoms with Crippen molar-refractivity contribution in [2.75, 3.05) is 17.8 Å². The first kappa shape index (κ1) is 13.7. The molecule has 2 aromatic carbocycles. The number of urea groups is 1. The monoisotopic (exact) mass is 299 g/mol. The van der Waals surface area contributed by atoms with Gasteiger partial charge in [0.25, 0.3) is 5.91 Å². The first-order valence-corrected chi connectivity index (χ1v) is 6.50. The fourth-order valence-electron chi connectivity index (χ4n) is 2.01. The molecule has 1 aliphatic heterocycles. The van der Waals surface area contributed by atoms with Gasteiger partial charge < -0.3 is 20.5 Å². The summed E-state index contributed by atoms with van der Waals surface area (Å²) in [5.74, 6) is 0.576. The lowest BCUT2D eigenvalue weighted by molar-refractivity contribution is 0.0968. The van der Waals surface area contributed by atoms with Crippen molar-refractivity contribution in [3.05, 3.63) is 48.0 Å². The minimum absolute atomic E-state index is 0.150. The van der Waals surface area contributed by atoms with Crippen LogP contribution in [0.2, 0.25) is 0 Å². The summed E-state index contributed by atoms with van der Waals surface area (Å²) in [4.78, 5) is 23.8. The molecular formula is C15H13N3O4. The van der Waals surface area contributed by atoms with Crippen LogP contribution in [-0.4, -0.2) is 18.7 Å². The molecule has 7 nitrogen and oxygen atoms in total. The topological polar surface area (TPSA) is 103 Å². The second kappa shape index (κ2) is 5.65. The van der Waals surface area contributed by atoms with Gasteiger partial charge in [0, 0.05) is 17.4 Å². The molecule has 1 heterocycles. The molecule has 3 rings (SSSR count). The number of hydrogen-bond acceptors (Lipinski definition) is 5. The van der Waals surface area contributed by atoms with Gasteiger partial charge in [0.05, 0.1) is 5.56 Å². The lowest BCUT2D eigenvalue weighted by Crippen LogP contribution is -2.34. The normalized spacial score (nSPS) is 11.8. The van der Waals surface area contributed by atoms with E-state index in [0.717, 1.165) is 0 Å². The van der Waals surface area contributed by atoms with Gasteiger partial charge in [-0.15, -0.1) is 0 Å². The van der Waals surface area contributed by atoms with Gasteiger partial charge in [-0.25, -0.2) is 4.79 Å². The standard InChI is InChI=1S/C15H13N3O4/c16-11-4-2-1-3-10(11)14(19)18-15(20)17-9-5-6-12-13(7-9)22-8-21-12/h1-7H,8,16H2,(H2,17,18,19,20). The van der Waals surface area contributed by atoms with Crippen molar-refractivity contribution in [3.63, 3.8) is 0 Å². The van der Waals surface area contributed by atoms with Crippen molar-refractivity contribution in [3.8, 4) is 11.5 Å². The molecule has 0 unspecified atom stereocenters. The van der Waals surface area contributed by atoms with Crippen molar-refractivity contribution in [2.24, 2.45) is 0 Å². The molecule has 0 spiro atoms. The van der Waals surface area contributed by atoms with E-state index in [-0.39, 0.29) is 12.4 Å². The maximum atomic E-state index is 12.0. The lowest BCUT2D eigenvalue weighted by Gasteiger charge is -2.08. The number of fused-ring (bicyclic) bond motifs is 1. The van der Waals surface area contributed by atoms with Gasteiger partial charge in [-0.3, -0.25) is 10.1 Å². The number of nitrogens with two attached hydrogens (primary N) is 1. The van der Waals surface area contributed by atoms with Gasteiger partial charge >= 0.3 is 6.03 Å². The van der Waals surface area contributed by atoms with E-state index >= 15 is 0 Å². The lowest BCUT2D eigenvalue weighted by atomic mass is 10.2. The van der Waals surface area contributed by atoms with Gasteiger partial charge in [-0.05, 0) is 24.3 Å². The summed E-state index contributed by atoms with van der Waals surface area (Å²) in [6.07, 6.45) is 0. The van der Waals surface area contributed by atoms with E-state index in [1.165, 1.54) is 0 Å². The van der Waals surface area contributed by atoms with Crippen molar-refractivity contribution in [1.29, 1.82) is 0 Å². The molecule has 2 aromatic rings. The van der Waals surface area contributed by atoms with Gasteiger partial charge in [-0.1, -0.05) is 12.1 Å². The number of nitrogen functional groups attached to an aromatic ring is 1. The molecule has 0 saturated heterocycles. The number of ether oxygens (including phenoxy) is 2. The predicted molar refractivity (Wildman–Crippen MR) is 79.9 cm³/mol. The minimum atomic E-state index is -0.660. The van der Waals surface area contributed by atoms with Crippen molar-refractivity contribution < 1.29 is 19.1 Å². The van der Waals surface area contributed by atoms with Crippen LogP contribution in [0.25, 0.3) is 0 Å². The zero-order chi connectivity index (χ0) is 15.5. The summed E-state index contributed by atoms with van der Waals surface area (Å²) >= 11 is 0. The smallest absolute Gasteiger partial charge is 0.326 e.